The van der Waals surface area contributed by atoms with Crippen LogP contribution in [0.1, 0.15) is 0 Å². The molecule has 1 aromatic carbocycles. The summed E-state index contributed by atoms with van der Waals surface area (Å²) >= 11 is 0. The molecule has 0 aromatic heterocycles. The van der Waals surface area contributed by atoms with E-state index in [-0.39, 0.29) is 18.5 Å². The Labute approximate surface area is 112 Å². The van der Waals surface area contributed by atoms with E-state index < -0.39 is 0 Å². The summed E-state index contributed by atoms with van der Waals surface area (Å²) in [6.45, 7) is 2.41. The molecule has 0 spiro atoms. The first-order valence-corrected chi connectivity index (χ1v) is 6.21. The van der Waals surface area contributed by atoms with E-state index in [4.69, 9.17) is 15.9 Å². The van der Waals surface area contributed by atoms with Gasteiger partial charge in [-0.15, -0.1) is 0 Å². The van der Waals surface area contributed by atoms with E-state index in [1.807, 2.05) is 30.3 Å². The quantitative estimate of drug-likeness (QED) is 0.598. The molecular formula is C13H18N4O2. The van der Waals surface area contributed by atoms with E-state index in [9.17, 15) is 4.79 Å². The summed E-state index contributed by atoms with van der Waals surface area (Å²) in [6.07, 6.45) is 0. The lowest BCUT2D eigenvalue weighted by Crippen LogP contribution is -2.53. The zero-order valence-corrected chi connectivity index (χ0v) is 10.7. The number of carbonyl (C=O) groups is 1. The minimum atomic E-state index is -0.0351. The molecule has 1 aromatic rings. The van der Waals surface area contributed by atoms with E-state index in [0.29, 0.717) is 31.9 Å². The molecule has 0 atom stereocenters. The summed E-state index contributed by atoms with van der Waals surface area (Å²) in [5, 5.41) is 7.33. The normalized spacial score (nSPS) is 15.2. The number of amides is 1. The van der Waals surface area contributed by atoms with Crippen molar-refractivity contribution >= 4 is 11.9 Å². The largest absolute Gasteiger partial charge is 0.484 e. The maximum atomic E-state index is 11.9. The number of nitrogens with two attached hydrogens (primary N) is 1. The summed E-state index contributed by atoms with van der Waals surface area (Å²) < 4.78 is 5.42. The number of nitrogens with zero attached hydrogens (tertiary/aromatic N) is 2. The number of rotatable bonds is 3. The predicted molar refractivity (Wildman–Crippen MR) is 72.0 cm³/mol. The van der Waals surface area contributed by atoms with Crippen molar-refractivity contribution in [3.63, 3.8) is 0 Å². The molecule has 102 valence electrons. The number of para-hydroxylation sites is 1. The van der Waals surface area contributed by atoms with E-state index in [2.05, 4.69) is 0 Å². The second-order valence-corrected chi connectivity index (χ2v) is 4.35. The minimum Gasteiger partial charge on any atom is -0.484 e. The molecule has 0 unspecified atom stereocenters. The van der Waals surface area contributed by atoms with Gasteiger partial charge in [0.2, 0.25) is 0 Å². The van der Waals surface area contributed by atoms with Crippen LogP contribution in [0.25, 0.3) is 0 Å². The Hall–Kier alpha value is -2.24. The van der Waals surface area contributed by atoms with Crippen LogP contribution in [0.4, 0.5) is 0 Å². The molecule has 19 heavy (non-hydrogen) atoms. The number of nitrogens with one attached hydrogen (secondary N) is 1. The molecule has 1 fully saturated rings. The van der Waals surface area contributed by atoms with E-state index in [1.165, 1.54) is 0 Å². The molecule has 0 bridgehead atoms. The molecule has 3 N–H and O–H groups in total. The molecule has 0 saturated carbocycles. The van der Waals surface area contributed by atoms with Gasteiger partial charge in [0.1, 0.15) is 5.75 Å². The molecule has 1 saturated heterocycles. The van der Waals surface area contributed by atoms with Gasteiger partial charge in [-0.3, -0.25) is 10.2 Å². The highest BCUT2D eigenvalue weighted by molar-refractivity contribution is 5.79. The van der Waals surface area contributed by atoms with E-state index in [1.54, 1.807) is 9.80 Å². The summed E-state index contributed by atoms with van der Waals surface area (Å²) in [5.41, 5.74) is 5.40. The van der Waals surface area contributed by atoms with Gasteiger partial charge in [-0.2, -0.15) is 0 Å². The summed E-state index contributed by atoms with van der Waals surface area (Å²) in [7, 11) is 0. The number of ether oxygens (including phenoxy) is 1. The fourth-order valence-electron chi connectivity index (χ4n) is 1.95. The second-order valence-electron chi connectivity index (χ2n) is 4.35. The average molecular weight is 262 g/mol. The van der Waals surface area contributed by atoms with Gasteiger partial charge in [-0.1, -0.05) is 18.2 Å². The van der Waals surface area contributed by atoms with Crippen LogP contribution in [0.3, 0.4) is 0 Å². The minimum absolute atomic E-state index is 0.0351. The average Bonchev–Trinajstić information content (AvgIpc) is 2.46. The highest BCUT2D eigenvalue weighted by Gasteiger charge is 2.21. The van der Waals surface area contributed by atoms with Crippen LogP contribution in [0.15, 0.2) is 30.3 Å². The molecule has 1 aliphatic rings. The van der Waals surface area contributed by atoms with Gasteiger partial charge < -0.3 is 20.3 Å². The fraction of sp³-hybridized carbons (Fsp3) is 0.385. The highest BCUT2D eigenvalue weighted by atomic mass is 16.5. The highest BCUT2D eigenvalue weighted by Crippen LogP contribution is 2.09. The third-order valence-corrected chi connectivity index (χ3v) is 3.08. The van der Waals surface area contributed by atoms with Gasteiger partial charge in [-0.25, -0.2) is 0 Å². The lowest BCUT2D eigenvalue weighted by molar-refractivity contribution is -0.134. The fourth-order valence-corrected chi connectivity index (χ4v) is 1.95. The van der Waals surface area contributed by atoms with Crippen LogP contribution in [-0.2, 0) is 4.79 Å². The molecule has 1 amide bonds. The lowest BCUT2D eigenvalue weighted by Gasteiger charge is -2.34. The number of hydrogen-bond acceptors (Lipinski definition) is 3. The van der Waals surface area contributed by atoms with Gasteiger partial charge in [-0.05, 0) is 12.1 Å². The van der Waals surface area contributed by atoms with Crippen molar-refractivity contribution in [3.05, 3.63) is 30.3 Å². The number of hydrogen-bond donors (Lipinski definition) is 2. The molecule has 6 nitrogen and oxygen atoms in total. The first-order valence-electron chi connectivity index (χ1n) is 6.21. The monoisotopic (exact) mass is 262 g/mol. The smallest absolute Gasteiger partial charge is 0.260 e. The Kier molecular flexibility index (Phi) is 4.22. The summed E-state index contributed by atoms with van der Waals surface area (Å²) in [5.74, 6) is 0.720. The van der Waals surface area contributed by atoms with E-state index >= 15 is 0 Å². The van der Waals surface area contributed by atoms with Gasteiger partial charge in [0, 0.05) is 26.2 Å². The first-order chi connectivity index (χ1) is 9.16. The predicted octanol–water partition coefficient (Wildman–Crippen LogP) is 0.103. The molecule has 0 aliphatic carbocycles. The number of piperazine rings is 1. The second kappa shape index (κ2) is 6.08. The topological polar surface area (TPSA) is 82.7 Å². The van der Waals surface area contributed by atoms with Crippen molar-refractivity contribution in [2.24, 2.45) is 5.73 Å². The third-order valence-electron chi connectivity index (χ3n) is 3.08. The van der Waals surface area contributed by atoms with Crippen molar-refractivity contribution < 1.29 is 9.53 Å². The van der Waals surface area contributed by atoms with Gasteiger partial charge in [0.15, 0.2) is 12.6 Å². The SMILES string of the molecule is N=C(N)N1CCN(C(=O)COc2ccccc2)CC1. The Morgan fingerprint density at radius 1 is 1.16 bits per heavy atom. The molecule has 2 rings (SSSR count). The van der Waals surface area contributed by atoms with Crippen LogP contribution in [-0.4, -0.2) is 54.5 Å². The van der Waals surface area contributed by atoms with Crippen molar-refractivity contribution in [2.45, 2.75) is 0 Å². The summed E-state index contributed by atoms with van der Waals surface area (Å²) in [4.78, 5) is 15.4. The molecular weight excluding hydrogens is 244 g/mol. The lowest BCUT2D eigenvalue weighted by atomic mass is 10.3. The Balaban J connectivity index is 1.77. The molecule has 1 aliphatic heterocycles. The zero-order valence-electron chi connectivity index (χ0n) is 10.7. The van der Waals surface area contributed by atoms with Gasteiger partial charge >= 0.3 is 0 Å². The summed E-state index contributed by atoms with van der Waals surface area (Å²) in [6, 6.07) is 9.27. The van der Waals surface area contributed by atoms with E-state index in [0.717, 1.165) is 0 Å². The van der Waals surface area contributed by atoms with Gasteiger partial charge in [0.05, 0.1) is 0 Å². The maximum absolute atomic E-state index is 11.9. The molecule has 0 radical (unpaired) electrons. The number of carbonyl (C=O) groups excluding carboxylic acids is 1. The van der Waals surface area contributed by atoms with Crippen LogP contribution in [0, 0.1) is 5.41 Å². The van der Waals surface area contributed by atoms with Crippen molar-refractivity contribution in [2.75, 3.05) is 32.8 Å². The standard InChI is InChI=1S/C13H18N4O2/c14-13(15)17-8-6-16(7-9-17)12(18)10-19-11-4-2-1-3-5-11/h1-5H,6-10H2,(H3,14,15). The molecule has 6 heteroatoms. The maximum Gasteiger partial charge on any atom is 0.260 e. The van der Waals surface area contributed by atoms with Crippen LogP contribution in [0.5, 0.6) is 5.75 Å². The Morgan fingerprint density at radius 3 is 2.32 bits per heavy atom. The molecule has 1 heterocycles. The van der Waals surface area contributed by atoms with Crippen LogP contribution in [0.2, 0.25) is 0 Å². The third kappa shape index (κ3) is 3.61. The van der Waals surface area contributed by atoms with Crippen LogP contribution >= 0.6 is 0 Å². The van der Waals surface area contributed by atoms with Crippen molar-refractivity contribution in [1.29, 1.82) is 5.41 Å². The van der Waals surface area contributed by atoms with Crippen molar-refractivity contribution in [1.82, 2.24) is 9.80 Å². The Morgan fingerprint density at radius 2 is 1.74 bits per heavy atom. The van der Waals surface area contributed by atoms with Crippen molar-refractivity contribution in [3.8, 4) is 5.75 Å². The Bertz CT molecular complexity index is 441. The zero-order chi connectivity index (χ0) is 13.7. The number of guanidine groups is 1. The van der Waals surface area contributed by atoms with Gasteiger partial charge in [0.25, 0.3) is 5.91 Å². The van der Waals surface area contributed by atoms with Crippen LogP contribution < -0.4 is 10.5 Å². The number of benzene rings is 1. The first kappa shape index (κ1) is 13.2.